The first kappa shape index (κ1) is 17.4. The molecule has 7 nitrogen and oxygen atoms in total. The molecule has 0 aromatic rings. The van der Waals surface area contributed by atoms with Gasteiger partial charge in [-0.25, -0.2) is 0 Å². The first-order chi connectivity index (χ1) is 9.87. The van der Waals surface area contributed by atoms with Gasteiger partial charge in [0.1, 0.15) is 6.04 Å². The molecule has 1 fully saturated rings. The van der Waals surface area contributed by atoms with E-state index in [1.165, 1.54) is 6.92 Å². The van der Waals surface area contributed by atoms with Gasteiger partial charge in [0.2, 0.25) is 11.8 Å². The number of nitrogens with one attached hydrogen (secondary N) is 2. The van der Waals surface area contributed by atoms with Crippen LogP contribution in [0.15, 0.2) is 0 Å². The third kappa shape index (κ3) is 5.34. The molecule has 0 saturated carbocycles. The molecule has 0 aromatic heterocycles. The minimum atomic E-state index is -0.935. The van der Waals surface area contributed by atoms with Crippen LogP contribution < -0.4 is 10.6 Å². The summed E-state index contributed by atoms with van der Waals surface area (Å²) in [4.78, 5) is 36.2. The molecule has 3 N–H and O–H groups in total. The Kier molecular flexibility index (Phi) is 6.61. The maximum atomic E-state index is 12.3. The molecule has 1 heterocycles. The first-order valence-corrected chi connectivity index (χ1v) is 7.41. The van der Waals surface area contributed by atoms with E-state index in [-0.39, 0.29) is 30.3 Å². The molecule has 0 spiro atoms. The van der Waals surface area contributed by atoms with E-state index < -0.39 is 12.0 Å². The second-order valence-electron chi connectivity index (χ2n) is 5.46. The van der Waals surface area contributed by atoms with Gasteiger partial charge in [0.15, 0.2) is 0 Å². The smallest absolute Gasteiger partial charge is 0.305 e. The maximum absolute atomic E-state index is 12.3. The first-order valence-electron chi connectivity index (χ1n) is 7.41. The molecule has 1 aliphatic rings. The van der Waals surface area contributed by atoms with E-state index in [9.17, 15) is 14.4 Å². The fourth-order valence-corrected chi connectivity index (χ4v) is 2.42. The molecular formula is C14H25N3O4. The highest BCUT2D eigenvalue weighted by Gasteiger charge is 2.32. The number of carbonyl (C=O) groups excluding carboxylic acids is 2. The van der Waals surface area contributed by atoms with Gasteiger partial charge in [0, 0.05) is 32.1 Å². The Morgan fingerprint density at radius 2 is 2.00 bits per heavy atom. The van der Waals surface area contributed by atoms with Gasteiger partial charge in [0.05, 0.1) is 6.42 Å². The van der Waals surface area contributed by atoms with Crippen molar-refractivity contribution in [1.29, 1.82) is 0 Å². The topological polar surface area (TPSA) is 98.7 Å². The number of aliphatic carboxylic acids is 1. The highest BCUT2D eigenvalue weighted by Crippen LogP contribution is 2.09. The summed E-state index contributed by atoms with van der Waals surface area (Å²) in [6.07, 6.45) is 1.28. The Balaban J connectivity index is 2.66. The van der Waals surface area contributed by atoms with Crippen molar-refractivity contribution in [1.82, 2.24) is 15.5 Å². The lowest BCUT2D eigenvalue weighted by atomic mass is 10.1. The number of carboxylic acids is 1. The van der Waals surface area contributed by atoms with Crippen LogP contribution in [0.4, 0.5) is 0 Å². The number of piperazine rings is 1. The molecule has 2 amide bonds. The number of amides is 2. The normalized spacial score (nSPS) is 23.5. The lowest BCUT2D eigenvalue weighted by molar-refractivity contribution is -0.137. The number of nitrogens with zero attached hydrogens (tertiary/aromatic N) is 1. The Hall–Kier alpha value is -1.63. The zero-order valence-electron chi connectivity index (χ0n) is 12.9. The van der Waals surface area contributed by atoms with Crippen LogP contribution in [0.3, 0.4) is 0 Å². The number of hydrogen-bond acceptors (Lipinski definition) is 4. The minimum absolute atomic E-state index is 0.0506. The van der Waals surface area contributed by atoms with E-state index in [0.29, 0.717) is 19.5 Å². The number of carbonyl (C=O) groups is 3. The van der Waals surface area contributed by atoms with Crippen LogP contribution in [0, 0.1) is 0 Å². The molecule has 0 bridgehead atoms. The highest BCUT2D eigenvalue weighted by molar-refractivity contribution is 5.84. The van der Waals surface area contributed by atoms with Crippen molar-refractivity contribution in [3.63, 3.8) is 0 Å². The Morgan fingerprint density at radius 1 is 1.33 bits per heavy atom. The second-order valence-corrected chi connectivity index (χ2v) is 5.46. The van der Waals surface area contributed by atoms with E-state index in [1.807, 2.05) is 13.8 Å². The quantitative estimate of drug-likeness (QED) is 0.639. The molecule has 0 aromatic carbocycles. The highest BCUT2D eigenvalue weighted by atomic mass is 16.4. The molecule has 1 rings (SSSR count). The van der Waals surface area contributed by atoms with Gasteiger partial charge in [-0.05, 0) is 12.8 Å². The molecule has 0 radical (unpaired) electrons. The van der Waals surface area contributed by atoms with Crippen molar-refractivity contribution in [3.05, 3.63) is 0 Å². The molecular weight excluding hydrogens is 274 g/mol. The minimum Gasteiger partial charge on any atom is -0.481 e. The summed E-state index contributed by atoms with van der Waals surface area (Å²) in [6.45, 7) is 6.24. The summed E-state index contributed by atoms with van der Waals surface area (Å²) in [6, 6.07) is -0.794. The van der Waals surface area contributed by atoms with Crippen molar-refractivity contribution in [2.24, 2.45) is 0 Å². The predicted octanol–water partition coefficient (Wildman–Crippen LogP) is -0.0452. The third-order valence-corrected chi connectivity index (χ3v) is 3.80. The average molecular weight is 299 g/mol. The van der Waals surface area contributed by atoms with Crippen LogP contribution in [0.25, 0.3) is 0 Å². The van der Waals surface area contributed by atoms with Crippen molar-refractivity contribution in [3.8, 4) is 0 Å². The van der Waals surface area contributed by atoms with E-state index in [0.717, 1.165) is 6.42 Å². The molecule has 120 valence electrons. The van der Waals surface area contributed by atoms with E-state index in [4.69, 9.17) is 5.11 Å². The van der Waals surface area contributed by atoms with Gasteiger partial charge in [-0.1, -0.05) is 13.8 Å². The summed E-state index contributed by atoms with van der Waals surface area (Å²) in [5.41, 5.74) is 0. The van der Waals surface area contributed by atoms with Crippen LogP contribution in [-0.2, 0) is 14.4 Å². The van der Waals surface area contributed by atoms with Crippen LogP contribution in [0.1, 0.15) is 40.0 Å². The summed E-state index contributed by atoms with van der Waals surface area (Å²) in [5, 5.41) is 14.8. The molecule has 1 aliphatic heterocycles. The largest absolute Gasteiger partial charge is 0.481 e. The summed E-state index contributed by atoms with van der Waals surface area (Å²) in [7, 11) is 0. The van der Waals surface area contributed by atoms with E-state index >= 15 is 0 Å². The second kappa shape index (κ2) is 7.97. The van der Waals surface area contributed by atoms with Gasteiger partial charge < -0.3 is 15.3 Å². The Labute approximate surface area is 125 Å². The van der Waals surface area contributed by atoms with Gasteiger partial charge >= 0.3 is 5.97 Å². The predicted molar refractivity (Wildman–Crippen MR) is 77.7 cm³/mol. The number of rotatable bonds is 6. The van der Waals surface area contributed by atoms with Crippen LogP contribution in [0.5, 0.6) is 0 Å². The Morgan fingerprint density at radius 3 is 2.48 bits per heavy atom. The zero-order chi connectivity index (χ0) is 16.0. The van der Waals surface area contributed by atoms with Gasteiger partial charge in [-0.15, -0.1) is 0 Å². The Bertz CT molecular complexity index is 400. The van der Waals surface area contributed by atoms with Crippen molar-refractivity contribution >= 4 is 17.8 Å². The number of hydrogen-bond donors (Lipinski definition) is 3. The third-order valence-electron chi connectivity index (χ3n) is 3.80. The monoisotopic (exact) mass is 299 g/mol. The SMILES string of the molecule is CCC(CC(=O)O)NC(=O)C1CN(C(C)=O)CC(CC)N1. The molecule has 7 heteroatoms. The molecule has 3 unspecified atom stereocenters. The van der Waals surface area contributed by atoms with Gasteiger partial charge in [0.25, 0.3) is 0 Å². The lowest BCUT2D eigenvalue weighted by Gasteiger charge is -2.38. The fourth-order valence-electron chi connectivity index (χ4n) is 2.42. The zero-order valence-corrected chi connectivity index (χ0v) is 12.9. The molecule has 3 atom stereocenters. The summed E-state index contributed by atoms with van der Waals surface area (Å²) < 4.78 is 0. The number of carboxylic acid groups (broad SMARTS) is 1. The van der Waals surface area contributed by atoms with Crippen molar-refractivity contribution in [2.45, 2.75) is 58.2 Å². The van der Waals surface area contributed by atoms with Crippen LogP contribution in [0.2, 0.25) is 0 Å². The van der Waals surface area contributed by atoms with E-state index in [1.54, 1.807) is 4.90 Å². The van der Waals surface area contributed by atoms with Gasteiger partial charge in [-0.3, -0.25) is 19.7 Å². The van der Waals surface area contributed by atoms with Crippen molar-refractivity contribution in [2.75, 3.05) is 13.1 Å². The van der Waals surface area contributed by atoms with Crippen LogP contribution in [-0.4, -0.2) is 59.0 Å². The standard InChI is InChI=1S/C14H25N3O4/c1-4-10(6-13(19)20)16-14(21)12-8-17(9(3)18)7-11(5-2)15-12/h10-12,15H,4-8H2,1-3H3,(H,16,21)(H,19,20). The average Bonchev–Trinajstić information content (AvgIpc) is 2.45. The van der Waals surface area contributed by atoms with Crippen molar-refractivity contribution < 1.29 is 19.5 Å². The van der Waals surface area contributed by atoms with Gasteiger partial charge in [-0.2, -0.15) is 0 Å². The van der Waals surface area contributed by atoms with Crippen LogP contribution >= 0.6 is 0 Å². The molecule has 0 aliphatic carbocycles. The fraction of sp³-hybridized carbons (Fsp3) is 0.786. The lowest BCUT2D eigenvalue weighted by Crippen LogP contribution is -2.62. The summed E-state index contributed by atoms with van der Waals surface area (Å²) >= 11 is 0. The molecule has 21 heavy (non-hydrogen) atoms. The molecule has 1 saturated heterocycles. The summed E-state index contributed by atoms with van der Waals surface area (Å²) in [5.74, 6) is -1.23. The maximum Gasteiger partial charge on any atom is 0.305 e. The van der Waals surface area contributed by atoms with E-state index in [2.05, 4.69) is 10.6 Å².